The molecule has 0 aliphatic rings. The van der Waals surface area contributed by atoms with Crippen LogP contribution in [0.5, 0.6) is 0 Å². The number of rotatable bonds is 5. The summed E-state index contributed by atoms with van der Waals surface area (Å²) in [6.45, 7) is 0. The van der Waals surface area contributed by atoms with Crippen LogP contribution >= 0.6 is 0 Å². The van der Waals surface area contributed by atoms with Crippen molar-refractivity contribution in [3.63, 3.8) is 0 Å². The van der Waals surface area contributed by atoms with Crippen LogP contribution in [0.3, 0.4) is 0 Å². The van der Waals surface area contributed by atoms with E-state index in [2.05, 4.69) is 138 Å². The van der Waals surface area contributed by atoms with Gasteiger partial charge in [0.15, 0.2) is 17.5 Å². The largest absolute Gasteiger partial charge is 0.455 e. The fourth-order valence-electron chi connectivity index (χ4n) is 7.96. The van der Waals surface area contributed by atoms with Gasteiger partial charge in [0.05, 0.1) is 16.7 Å². The minimum atomic E-state index is 0.600. The van der Waals surface area contributed by atoms with Gasteiger partial charge < -0.3 is 8.98 Å². The first kappa shape index (κ1) is 30.3. The molecule has 3 aromatic heterocycles. The van der Waals surface area contributed by atoms with Crippen molar-refractivity contribution in [2.45, 2.75) is 0 Å². The van der Waals surface area contributed by atoms with Crippen LogP contribution in [0.4, 0.5) is 0 Å². The molecule has 5 heteroatoms. The Morgan fingerprint density at radius 1 is 0.370 bits per heavy atom. The van der Waals surface area contributed by atoms with Crippen molar-refractivity contribution in [3.05, 3.63) is 182 Å². The molecule has 0 fully saturated rings. The van der Waals surface area contributed by atoms with E-state index >= 15 is 0 Å². The van der Waals surface area contributed by atoms with E-state index in [4.69, 9.17) is 19.4 Å². The van der Waals surface area contributed by atoms with E-state index in [1.807, 2.05) is 48.5 Å². The van der Waals surface area contributed by atoms with Gasteiger partial charge in [0.25, 0.3) is 0 Å². The van der Waals surface area contributed by atoms with Gasteiger partial charge >= 0.3 is 0 Å². The number of hydrogen-bond acceptors (Lipinski definition) is 4. The van der Waals surface area contributed by atoms with Gasteiger partial charge in [-0.15, -0.1) is 0 Å². The average molecular weight is 691 g/mol. The van der Waals surface area contributed by atoms with Crippen molar-refractivity contribution < 1.29 is 4.42 Å². The second kappa shape index (κ2) is 12.1. The molecule has 8 aromatic carbocycles. The summed E-state index contributed by atoms with van der Waals surface area (Å²) in [5.74, 6) is 1.83. The van der Waals surface area contributed by atoms with Gasteiger partial charge in [0.1, 0.15) is 11.2 Å². The highest BCUT2D eigenvalue weighted by molar-refractivity contribution is 6.22. The minimum absolute atomic E-state index is 0.600. The Balaban J connectivity index is 1.22. The molecule has 0 aliphatic carbocycles. The topological polar surface area (TPSA) is 56.7 Å². The molecule has 0 aliphatic heterocycles. The first-order valence-electron chi connectivity index (χ1n) is 18.1. The van der Waals surface area contributed by atoms with Gasteiger partial charge in [0.2, 0.25) is 0 Å². The van der Waals surface area contributed by atoms with Crippen molar-refractivity contribution >= 4 is 54.5 Å². The smallest absolute Gasteiger partial charge is 0.164 e. The molecular formula is C49H30N4O. The molecule has 0 N–H and O–H groups in total. The molecule has 0 saturated carbocycles. The number of hydrogen-bond donors (Lipinski definition) is 0. The van der Waals surface area contributed by atoms with Crippen LogP contribution < -0.4 is 0 Å². The lowest BCUT2D eigenvalue weighted by molar-refractivity contribution is 0.672. The van der Waals surface area contributed by atoms with Crippen molar-refractivity contribution in [3.8, 4) is 51.0 Å². The molecule has 0 spiro atoms. The third-order valence-electron chi connectivity index (χ3n) is 10.5. The Bertz CT molecular complexity index is 3150. The molecule has 3 heterocycles. The quantitative estimate of drug-likeness (QED) is 0.180. The maximum atomic E-state index is 6.79. The monoisotopic (exact) mass is 690 g/mol. The molecule has 252 valence electrons. The summed E-state index contributed by atoms with van der Waals surface area (Å²) in [5.41, 5.74) is 10.0. The molecular weight excluding hydrogens is 661 g/mol. The highest BCUT2D eigenvalue weighted by Gasteiger charge is 2.23. The van der Waals surface area contributed by atoms with Gasteiger partial charge in [-0.3, -0.25) is 0 Å². The number of para-hydroxylation sites is 3. The summed E-state index contributed by atoms with van der Waals surface area (Å²) >= 11 is 0. The molecule has 0 bridgehead atoms. The lowest BCUT2D eigenvalue weighted by Gasteiger charge is -2.15. The first-order chi connectivity index (χ1) is 26.8. The molecule has 0 amide bonds. The molecule has 0 saturated heterocycles. The van der Waals surface area contributed by atoms with E-state index in [-0.39, 0.29) is 0 Å². The Kier molecular flexibility index (Phi) is 6.79. The van der Waals surface area contributed by atoms with Gasteiger partial charge in [-0.1, -0.05) is 152 Å². The predicted octanol–water partition coefficient (Wildman–Crippen LogP) is 12.7. The van der Waals surface area contributed by atoms with Crippen molar-refractivity contribution in [2.75, 3.05) is 0 Å². The zero-order valence-electron chi connectivity index (χ0n) is 29.0. The van der Waals surface area contributed by atoms with Crippen LogP contribution in [0.15, 0.2) is 186 Å². The van der Waals surface area contributed by atoms with Crippen LogP contribution in [0.2, 0.25) is 0 Å². The SMILES string of the molecule is c1ccc(-c2ccc(-c3nc(-c4ccccc4)nc(-c4cc5c6ccccc6oc5c5c(-n6c7ccccc7c7ccccc76)cccc45)n3)cc2)cc1. The van der Waals surface area contributed by atoms with Crippen molar-refractivity contribution in [2.24, 2.45) is 0 Å². The van der Waals surface area contributed by atoms with Gasteiger partial charge in [-0.2, -0.15) is 0 Å². The lowest BCUT2D eigenvalue weighted by Crippen LogP contribution is -2.01. The van der Waals surface area contributed by atoms with Gasteiger partial charge in [-0.25, -0.2) is 15.0 Å². The van der Waals surface area contributed by atoms with Crippen LogP contribution in [-0.4, -0.2) is 19.5 Å². The predicted molar refractivity (Wildman–Crippen MR) is 221 cm³/mol. The minimum Gasteiger partial charge on any atom is -0.455 e. The second-order valence-electron chi connectivity index (χ2n) is 13.6. The number of furan rings is 1. The number of fused-ring (bicyclic) bond motifs is 8. The van der Waals surface area contributed by atoms with E-state index in [0.717, 1.165) is 77.2 Å². The van der Waals surface area contributed by atoms with E-state index < -0.39 is 0 Å². The molecule has 0 radical (unpaired) electrons. The van der Waals surface area contributed by atoms with Crippen LogP contribution in [-0.2, 0) is 0 Å². The van der Waals surface area contributed by atoms with E-state index in [1.165, 1.54) is 10.8 Å². The Hall–Kier alpha value is -7.37. The molecule has 11 rings (SSSR count). The average Bonchev–Trinajstić information content (AvgIpc) is 3.79. The zero-order chi connectivity index (χ0) is 35.6. The molecule has 0 unspecified atom stereocenters. The summed E-state index contributed by atoms with van der Waals surface area (Å²) in [7, 11) is 0. The standard InChI is InChI=1S/C49H30N4O/c1-3-14-31(15-4-1)32-26-28-34(29-27-32)48-50-47(33-16-5-2-6-17-33)51-49(52-48)40-30-39-37-20-9-12-25-44(37)54-46(39)45-38(40)21-13-24-43(45)53-41-22-10-7-18-35(41)36-19-8-11-23-42(36)53/h1-30H. The zero-order valence-corrected chi connectivity index (χ0v) is 29.0. The lowest BCUT2D eigenvalue weighted by atomic mass is 9.98. The maximum absolute atomic E-state index is 6.79. The van der Waals surface area contributed by atoms with Gasteiger partial charge in [-0.05, 0) is 46.8 Å². The number of aromatic nitrogens is 4. The van der Waals surface area contributed by atoms with Crippen LogP contribution in [0, 0.1) is 0 Å². The summed E-state index contributed by atoms with van der Waals surface area (Å²) in [6, 6.07) is 63.2. The molecule has 0 atom stereocenters. The second-order valence-corrected chi connectivity index (χ2v) is 13.6. The summed E-state index contributed by atoms with van der Waals surface area (Å²) < 4.78 is 9.15. The van der Waals surface area contributed by atoms with Crippen molar-refractivity contribution in [1.82, 2.24) is 19.5 Å². The summed E-state index contributed by atoms with van der Waals surface area (Å²) in [5, 5.41) is 6.46. The van der Waals surface area contributed by atoms with E-state index in [1.54, 1.807) is 0 Å². The normalized spacial score (nSPS) is 11.7. The molecule has 5 nitrogen and oxygen atoms in total. The fourth-order valence-corrected chi connectivity index (χ4v) is 7.96. The Labute approximate surface area is 310 Å². The highest BCUT2D eigenvalue weighted by atomic mass is 16.3. The Morgan fingerprint density at radius 2 is 0.870 bits per heavy atom. The number of benzene rings is 8. The fraction of sp³-hybridized carbons (Fsp3) is 0. The maximum Gasteiger partial charge on any atom is 0.164 e. The Morgan fingerprint density at radius 3 is 1.56 bits per heavy atom. The van der Waals surface area contributed by atoms with E-state index in [9.17, 15) is 0 Å². The highest BCUT2D eigenvalue weighted by Crippen LogP contribution is 2.44. The first-order valence-corrected chi connectivity index (χ1v) is 18.1. The third kappa shape index (κ3) is 4.76. The van der Waals surface area contributed by atoms with Gasteiger partial charge in [0, 0.05) is 43.6 Å². The molecule has 54 heavy (non-hydrogen) atoms. The summed E-state index contributed by atoms with van der Waals surface area (Å²) in [6.07, 6.45) is 0. The van der Waals surface area contributed by atoms with Crippen LogP contribution in [0.25, 0.3) is 105 Å². The van der Waals surface area contributed by atoms with E-state index in [0.29, 0.717) is 17.5 Å². The van der Waals surface area contributed by atoms with Crippen LogP contribution in [0.1, 0.15) is 0 Å². The summed E-state index contributed by atoms with van der Waals surface area (Å²) in [4.78, 5) is 15.5. The molecule has 11 aromatic rings. The third-order valence-corrected chi connectivity index (χ3v) is 10.5. The van der Waals surface area contributed by atoms with Crippen molar-refractivity contribution in [1.29, 1.82) is 0 Å². The number of nitrogens with zero attached hydrogens (tertiary/aromatic N) is 4.